The summed E-state index contributed by atoms with van der Waals surface area (Å²) < 4.78 is 5.27. The van der Waals surface area contributed by atoms with E-state index in [-0.39, 0.29) is 0 Å². The van der Waals surface area contributed by atoms with E-state index in [0.717, 1.165) is 32.5 Å². The van der Waals surface area contributed by atoms with E-state index in [4.69, 9.17) is 4.74 Å². The summed E-state index contributed by atoms with van der Waals surface area (Å²) in [5.74, 6) is 0. The van der Waals surface area contributed by atoms with Crippen molar-refractivity contribution in [3.63, 3.8) is 0 Å². The zero-order chi connectivity index (χ0) is 9.73. The van der Waals surface area contributed by atoms with Crippen molar-refractivity contribution in [2.24, 2.45) is 0 Å². The fraction of sp³-hybridized carbons (Fsp3) is 1.00. The predicted octanol–water partition coefficient (Wildman–Crippen LogP) is 0.916. The minimum atomic E-state index is -0.416. The molecule has 1 atom stereocenters. The second-order valence-corrected chi connectivity index (χ2v) is 4.02. The van der Waals surface area contributed by atoms with Crippen LogP contribution in [0.25, 0.3) is 0 Å². The molecule has 1 aliphatic carbocycles. The third kappa shape index (κ3) is 3.63. The molecule has 1 rings (SSSR count). The van der Waals surface area contributed by atoms with Crippen molar-refractivity contribution in [2.45, 2.75) is 44.8 Å². The smallest absolute Gasteiger partial charge is 0.0771 e. The van der Waals surface area contributed by atoms with Gasteiger partial charge < -0.3 is 15.2 Å². The normalized spacial score (nSPS) is 22.4. The van der Waals surface area contributed by atoms with Crippen LogP contribution in [0.1, 0.15) is 33.1 Å². The average Bonchev–Trinajstić information content (AvgIpc) is 2.08. The van der Waals surface area contributed by atoms with Crippen LogP contribution >= 0.6 is 0 Å². The number of rotatable bonds is 6. The molecule has 0 aliphatic heterocycles. The molecule has 0 heterocycles. The fourth-order valence-electron chi connectivity index (χ4n) is 1.48. The Balaban J connectivity index is 2.03. The van der Waals surface area contributed by atoms with Crippen LogP contribution in [-0.2, 0) is 4.74 Å². The van der Waals surface area contributed by atoms with E-state index < -0.39 is 5.60 Å². The van der Waals surface area contributed by atoms with Gasteiger partial charge in [-0.1, -0.05) is 0 Å². The maximum atomic E-state index is 9.78. The molecular formula is C10H21NO2. The molecule has 13 heavy (non-hydrogen) atoms. The predicted molar refractivity (Wildman–Crippen MR) is 52.8 cm³/mol. The van der Waals surface area contributed by atoms with E-state index >= 15 is 0 Å². The summed E-state index contributed by atoms with van der Waals surface area (Å²) >= 11 is 0. The summed E-state index contributed by atoms with van der Waals surface area (Å²) in [5.41, 5.74) is -0.416. The molecule has 1 aliphatic rings. The van der Waals surface area contributed by atoms with Gasteiger partial charge >= 0.3 is 0 Å². The summed E-state index contributed by atoms with van der Waals surface area (Å²) in [7, 11) is 0. The lowest BCUT2D eigenvalue weighted by Gasteiger charge is -2.37. The van der Waals surface area contributed by atoms with E-state index in [1.165, 1.54) is 0 Å². The average molecular weight is 187 g/mol. The maximum absolute atomic E-state index is 9.78. The molecule has 0 bridgehead atoms. The van der Waals surface area contributed by atoms with Crippen LogP contribution < -0.4 is 5.32 Å². The lowest BCUT2D eigenvalue weighted by atomic mass is 9.80. The Bertz CT molecular complexity index is 146. The molecule has 3 heteroatoms. The SMILES string of the molecule is CCOCC(C)NCC1(O)CCC1. The van der Waals surface area contributed by atoms with Crippen LogP contribution in [-0.4, -0.2) is 36.5 Å². The molecule has 2 N–H and O–H groups in total. The molecule has 0 aromatic rings. The maximum Gasteiger partial charge on any atom is 0.0771 e. The zero-order valence-corrected chi connectivity index (χ0v) is 8.68. The van der Waals surface area contributed by atoms with E-state index in [1.54, 1.807) is 0 Å². The number of aliphatic hydroxyl groups is 1. The Hall–Kier alpha value is -0.120. The quantitative estimate of drug-likeness (QED) is 0.649. The molecule has 1 fully saturated rings. The molecule has 0 amide bonds. The van der Waals surface area contributed by atoms with Gasteiger partial charge in [0.05, 0.1) is 12.2 Å². The first-order valence-corrected chi connectivity index (χ1v) is 5.20. The monoisotopic (exact) mass is 187 g/mol. The minimum Gasteiger partial charge on any atom is -0.389 e. The van der Waals surface area contributed by atoms with Gasteiger partial charge in [0.1, 0.15) is 0 Å². The van der Waals surface area contributed by atoms with Crippen LogP contribution in [0.5, 0.6) is 0 Å². The van der Waals surface area contributed by atoms with Gasteiger partial charge in [-0.2, -0.15) is 0 Å². The molecule has 78 valence electrons. The van der Waals surface area contributed by atoms with Gasteiger partial charge in [0.25, 0.3) is 0 Å². The zero-order valence-electron chi connectivity index (χ0n) is 8.68. The Labute approximate surface area is 80.5 Å². The second-order valence-electron chi connectivity index (χ2n) is 4.02. The molecule has 1 saturated carbocycles. The largest absolute Gasteiger partial charge is 0.389 e. The third-order valence-corrected chi connectivity index (χ3v) is 2.64. The number of nitrogens with one attached hydrogen (secondary N) is 1. The van der Waals surface area contributed by atoms with Crippen LogP contribution in [0.2, 0.25) is 0 Å². The van der Waals surface area contributed by atoms with Crippen LogP contribution in [0.15, 0.2) is 0 Å². The fourth-order valence-corrected chi connectivity index (χ4v) is 1.48. The Morgan fingerprint density at radius 1 is 1.54 bits per heavy atom. The second kappa shape index (κ2) is 4.94. The van der Waals surface area contributed by atoms with Gasteiger partial charge in [0.15, 0.2) is 0 Å². The molecule has 3 nitrogen and oxygen atoms in total. The highest BCUT2D eigenvalue weighted by molar-refractivity contribution is 4.89. The lowest BCUT2D eigenvalue weighted by Crippen LogP contribution is -2.49. The van der Waals surface area contributed by atoms with Crippen molar-refractivity contribution < 1.29 is 9.84 Å². The van der Waals surface area contributed by atoms with E-state index in [1.807, 2.05) is 6.92 Å². The van der Waals surface area contributed by atoms with Crippen molar-refractivity contribution in [3.8, 4) is 0 Å². The third-order valence-electron chi connectivity index (χ3n) is 2.64. The van der Waals surface area contributed by atoms with Crippen LogP contribution in [0, 0.1) is 0 Å². The molecule has 0 aromatic carbocycles. The summed E-state index contributed by atoms with van der Waals surface area (Å²) in [6, 6.07) is 0.338. The van der Waals surface area contributed by atoms with Crippen molar-refractivity contribution in [1.29, 1.82) is 0 Å². The Morgan fingerprint density at radius 2 is 2.23 bits per heavy atom. The number of hydrogen-bond donors (Lipinski definition) is 2. The van der Waals surface area contributed by atoms with Crippen LogP contribution in [0.3, 0.4) is 0 Å². The highest BCUT2D eigenvalue weighted by atomic mass is 16.5. The van der Waals surface area contributed by atoms with Crippen LogP contribution in [0.4, 0.5) is 0 Å². The molecule has 1 unspecified atom stereocenters. The van der Waals surface area contributed by atoms with Crippen molar-refractivity contribution in [2.75, 3.05) is 19.8 Å². The summed E-state index contributed by atoms with van der Waals surface area (Å²) in [5, 5.41) is 13.1. The molecule has 0 saturated heterocycles. The van der Waals surface area contributed by atoms with Crippen molar-refractivity contribution in [1.82, 2.24) is 5.32 Å². The number of hydrogen-bond acceptors (Lipinski definition) is 3. The van der Waals surface area contributed by atoms with Crippen molar-refractivity contribution >= 4 is 0 Å². The van der Waals surface area contributed by atoms with E-state index in [9.17, 15) is 5.11 Å². The van der Waals surface area contributed by atoms with Gasteiger partial charge in [-0.05, 0) is 33.1 Å². The first-order chi connectivity index (χ1) is 6.16. The first-order valence-electron chi connectivity index (χ1n) is 5.20. The van der Waals surface area contributed by atoms with Crippen molar-refractivity contribution in [3.05, 3.63) is 0 Å². The standard InChI is InChI=1S/C10H21NO2/c1-3-13-7-9(2)11-8-10(12)5-4-6-10/h9,11-12H,3-8H2,1-2H3. The molecular weight excluding hydrogens is 166 g/mol. The van der Waals surface area contributed by atoms with E-state index in [2.05, 4.69) is 12.2 Å². The van der Waals surface area contributed by atoms with E-state index in [0.29, 0.717) is 12.6 Å². The Morgan fingerprint density at radius 3 is 2.69 bits per heavy atom. The summed E-state index contributed by atoms with van der Waals surface area (Å²) in [4.78, 5) is 0. The molecule has 0 spiro atoms. The van der Waals surface area contributed by atoms with Gasteiger partial charge in [-0.15, -0.1) is 0 Å². The first kappa shape index (κ1) is 11.0. The summed E-state index contributed by atoms with van der Waals surface area (Å²) in [6.07, 6.45) is 3.06. The van der Waals surface area contributed by atoms with Gasteiger partial charge in [-0.25, -0.2) is 0 Å². The Kier molecular flexibility index (Phi) is 4.16. The number of ether oxygens (including phenoxy) is 1. The van der Waals surface area contributed by atoms with Gasteiger partial charge in [0.2, 0.25) is 0 Å². The lowest BCUT2D eigenvalue weighted by molar-refractivity contribution is -0.0347. The molecule has 0 aromatic heterocycles. The molecule has 0 radical (unpaired) electrons. The topological polar surface area (TPSA) is 41.5 Å². The van der Waals surface area contributed by atoms with Gasteiger partial charge in [0, 0.05) is 19.2 Å². The summed E-state index contributed by atoms with van der Waals surface area (Å²) in [6.45, 7) is 6.27. The highest BCUT2D eigenvalue weighted by Gasteiger charge is 2.33. The highest BCUT2D eigenvalue weighted by Crippen LogP contribution is 2.30. The van der Waals surface area contributed by atoms with Gasteiger partial charge in [-0.3, -0.25) is 0 Å². The minimum absolute atomic E-state index is 0.338.